The predicted molar refractivity (Wildman–Crippen MR) is 55.9 cm³/mol. The second kappa shape index (κ2) is 5.31. The quantitative estimate of drug-likeness (QED) is 0.672. The van der Waals surface area contributed by atoms with Crippen LogP contribution in [0.5, 0.6) is 5.75 Å². The maximum atomic E-state index is 13.1. The summed E-state index contributed by atoms with van der Waals surface area (Å²) in [6, 6.07) is 3.10. The lowest BCUT2D eigenvalue weighted by Gasteiger charge is -2.16. The second-order valence-electron chi connectivity index (χ2n) is 2.95. The van der Waals surface area contributed by atoms with Crippen LogP contribution in [0, 0.1) is 5.82 Å². The van der Waals surface area contributed by atoms with Gasteiger partial charge in [0.25, 0.3) is 0 Å². The predicted octanol–water partition coefficient (Wildman–Crippen LogP) is 2.65. The van der Waals surface area contributed by atoms with Crippen LogP contribution in [0.25, 0.3) is 0 Å². The molecule has 1 rings (SSSR count). The Bertz CT molecular complexity index is 423. The van der Waals surface area contributed by atoms with Crippen molar-refractivity contribution in [2.45, 2.75) is 17.9 Å². The molecule has 0 atom stereocenters. The molecule has 0 aromatic heterocycles. The number of carbonyl (C=O) groups is 1. The number of alkyl halides is 2. The van der Waals surface area contributed by atoms with Gasteiger partial charge in [-0.15, -0.1) is 12.6 Å². The van der Waals surface area contributed by atoms with Crippen LogP contribution in [0.3, 0.4) is 0 Å². The van der Waals surface area contributed by atoms with Gasteiger partial charge < -0.3 is 9.47 Å². The molecule has 0 aliphatic carbocycles. The van der Waals surface area contributed by atoms with Gasteiger partial charge in [0.1, 0.15) is 0 Å². The number of hydrogen-bond donors (Lipinski definition) is 1. The zero-order valence-electron chi connectivity index (χ0n) is 8.75. The van der Waals surface area contributed by atoms with Crippen molar-refractivity contribution in [1.29, 1.82) is 0 Å². The van der Waals surface area contributed by atoms with E-state index >= 15 is 0 Å². The molecular weight excluding hydrogens is 257 g/mol. The Labute approximate surface area is 101 Å². The highest BCUT2D eigenvalue weighted by Crippen LogP contribution is 2.27. The summed E-state index contributed by atoms with van der Waals surface area (Å²) in [7, 11) is 0. The maximum Gasteiger partial charge on any atom is 0.502 e. The van der Waals surface area contributed by atoms with E-state index < -0.39 is 23.6 Å². The fraction of sp³-hybridized carbons (Fsp3) is 0.300. The molecule has 0 aliphatic rings. The fourth-order valence-electron chi connectivity index (χ4n) is 0.965. The van der Waals surface area contributed by atoms with Gasteiger partial charge in [-0.05, 0) is 25.1 Å². The number of rotatable bonds is 4. The van der Waals surface area contributed by atoms with Gasteiger partial charge in [0.2, 0.25) is 0 Å². The molecule has 0 spiro atoms. The van der Waals surface area contributed by atoms with Gasteiger partial charge in [0.05, 0.1) is 6.61 Å². The summed E-state index contributed by atoms with van der Waals surface area (Å²) in [6.45, 7) is 1.13. The number of carbonyl (C=O) groups excluding carboxylic acids is 1. The normalized spacial score (nSPS) is 11.1. The van der Waals surface area contributed by atoms with Crippen molar-refractivity contribution in [3.63, 3.8) is 0 Å². The van der Waals surface area contributed by atoms with E-state index in [0.717, 1.165) is 12.1 Å². The Morgan fingerprint density at radius 3 is 2.71 bits per heavy atom. The molecule has 0 saturated heterocycles. The number of esters is 1. The molecule has 94 valence electrons. The average molecular weight is 266 g/mol. The van der Waals surface area contributed by atoms with Crippen molar-refractivity contribution in [3.05, 3.63) is 24.0 Å². The first-order valence-corrected chi connectivity index (χ1v) is 5.04. The lowest BCUT2D eigenvalue weighted by atomic mass is 10.3. The Morgan fingerprint density at radius 1 is 1.47 bits per heavy atom. The number of halogens is 3. The van der Waals surface area contributed by atoms with Crippen molar-refractivity contribution in [2.75, 3.05) is 6.61 Å². The van der Waals surface area contributed by atoms with Crippen LogP contribution in [-0.2, 0) is 9.53 Å². The minimum atomic E-state index is -4.24. The summed E-state index contributed by atoms with van der Waals surface area (Å²) >= 11 is 3.84. The molecule has 3 nitrogen and oxygen atoms in total. The molecule has 0 saturated carbocycles. The molecule has 0 heterocycles. The van der Waals surface area contributed by atoms with Crippen LogP contribution in [-0.4, -0.2) is 18.7 Å². The summed E-state index contributed by atoms with van der Waals surface area (Å²) in [5, 5.41) is 0. The van der Waals surface area contributed by atoms with Crippen molar-refractivity contribution in [2.24, 2.45) is 0 Å². The highest BCUT2D eigenvalue weighted by Gasteiger charge is 2.44. The molecular formula is C10H9F3O3S. The monoisotopic (exact) mass is 266 g/mol. The molecule has 0 unspecified atom stereocenters. The third-order valence-electron chi connectivity index (χ3n) is 1.67. The van der Waals surface area contributed by atoms with Crippen LogP contribution in [0.15, 0.2) is 23.1 Å². The molecule has 1 aromatic carbocycles. The summed E-state index contributed by atoms with van der Waals surface area (Å²) in [5.74, 6) is -3.66. The van der Waals surface area contributed by atoms with E-state index in [1.165, 1.54) is 13.0 Å². The van der Waals surface area contributed by atoms with E-state index in [9.17, 15) is 18.0 Å². The van der Waals surface area contributed by atoms with Crippen molar-refractivity contribution in [3.8, 4) is 5.75 Å². The average Bonchev–Trinajstić information content (AvgIpc) is 2.23. The van der Waals surface area contributed by atoms with Gasteiger partial charge in [0.15, 0.2) is 11.6 Å². The van der Waals surface area contributed by atoms with Gasteiger partial charge in [-0.1, -0.05) is 0 Å². The lowest BCUT2D eigenvalue weighted by Crippen LogP contribution is -2.37. The largest absolute Gasteiger partial charge is 0.502 e. The molecule has 0 amide bonds. The topological polar surface area (TPSA) is 35.5 Å². The minimum absolute atomic E-state index is 0.223. The van der Waals surface area contributed by atoms with E-state index in [2.05, 4.69) is 22.1 Å². The van der Waals surface area contributed by atoms with E-state index in [0.29, 0.717) is 0 Å². The van der Waals surface area contributed by atoms with Gasteiger partial charge in [0, 0.05) is 4.90 Å². The summed E-state index contributed by atoms with van der Waals surface area (Å²) in [6.07, 6.45) is -4.24. The molecule has 0 bridgehead atoms. The number of hydrogen-bond acceptors (Lipinski definition) is 4. The van der Waals surface area contributed by atoms with E-state index in [1.807, 2.05) is 0 Å². The standard InChI is InChI=1S/C10H9F3O3S/c1-2-15-9(14)10(12,13)16-8-5-6(17)3-4-7(8)11/h3-5,17H,2H2,1H3. The molecule has 0 aliphatic heterocycles. The second-order valence-corrected chi connectivity index (χ2v) is 3.47. The Kier molecular flexibility index (Phi) is 4.28. The van der Waals surface area contributed by atoms with Crippen LogP contribution in [0.2, 0.25) is 0 Å². The fourth-order valence-corrected chi connectivity index (χ4v) is 1.16. The minimum Gasteiger partial charge on any atom is -0.459 e. The number of ether oxygens (including phenoxy) is 2. The molecule has 0 N–H and O–H groups in total. The third kappa shape index (κ3) is 3.55. The summed E-state index contributed by atoms with van der Waals surface area (Å²) < 4.78 is 47.4. The van der Waals surface area contributed by atoms with Gasteiger partial charge >= 0.3 is 12.1 Å². The molecule has 0 fully saturated rings. The highest BCUT2D eigenvalue weighted by molar-refractivity contribution is 7.80. The van der Waals surface area contributed by atoms with Gasteiger partial charge in [-0.25, -0.2) is 9.18 Å². The Hall–Kier alpha value is -1.37. The third-order valence-corrected chi connectivity index (χ3v) is 1.94. The number of thiol groups is 1. The first-order valence-electron chi connectivity index (χ1n) is 4.59. The summed E-state index contributed by atoms with van der Waals surface area (Å²) in [5.41, 5.74) is 0. The van der Waals surface area contributed by atoms with Crippen LogP contribution in [0.4, 0.5) is 13.2 Å². The summed E-state index contributed by atoms with van der Waals surface area (Å²) in [4.78, 5) is 11.0. The van der Waals surface area contributed by atoms with Crippen molar-refractivity contribution < 1.29 is 27.4 Å². The first kappa shape index (κ1) is 13.7. The highest BCUT2D eigenvalue weighted by atomic mass is 32.1. The Morgan fingerprint density at radius 2 is 2.12 bits per heavy atom. The SMILES string of the molecule is CCOC(=O)C(F)(F)Oc1cc(S)ccc1F. The van der Waals surface area contributed by atoms with Gasteiger partial charge in [-0.2, -0.15) is 8.78 Å². The van der Waals surface area contributed by atoms with Crippen LogP contribution < -0.4 is 4.74 Å². The molecule has 17 heavy (non-hydrogen) atoms. The van der Waals surface area contributed by atoms with E-state index in [1.54, 1.807) is 0 Å². The van der Waals surface area contributed by atoms with Crippen LogP contribution in [0.1, 0.15) is 6.92 Å². The van der Waals surface area contributed by atoms with Gasteiger partial charge in [-0.3, -0.25) is 0 Å². The number of benzene rings is 1. The molecule has 0 radical (unpaired) electrons. The zero-order valence-corrected chi connectivity index (χ0v) is 9.64. The zero-order chi connectivity index (χ0) is 13.1. The Balaban J connectivity index is 2.89. The van der Waals surface area contributed by atoms with Crippen LogP contribution >= 0.6 is 12.6 Å². The van der Waals surface area contributed by atoms with Crippen molar-refractivity contribution in [1.82, 2.24) is 0 Å². The van der Waals surface area contributed by atoms with E-state index in [-0.39, 0.29) is 11.5 Å². The lowest BCUT2D eigenvalue weighted by molar-refractivity contribution is -0.217. The molecule has 1 aromatic rings. The first-order chi connectivity index (χ1) is 7.86. The molecule has 7 heteroatoms. The van der Waals surface area contributed by atoms with Crippen molar-refractivity contribution >= 4 is 18.6 Å². The maximum absolute atomic E-state index is 13.1. The van der Waals surface area contributed by atoms with E-state index in [4.69, 9.17) is 0 Å². The smallest absolute Gasteiger partial charge is 0.459 e.